The lowest BCUT2D eigenvalue weighted by atomic mass is 10.1. The first-order chi connectivity index (χ1) is 8.25. The third kappa shape index (κ3) is 1.98. The summed E-state index contributed by atoms with van der Waals surface area (Å²) < 4.78 is 1.87. The molecule has 1 aromatic heterocycles. The Balaban J connectivity index is 2.01. The van der Waals surface area contributed by atoms with Crippen molar-refractivity contribution in [3.05, 3.63) is 47.8 Å². The van der Waals surface area contributed by atoms with Gasteiger partial charge in [0.25, 0.3) is 0 Å². The van der Waals surface area contributed by atoms with Gasteiger partial charge < -0.3 is 5.11 Å². The predicted octanol–water partition coefficient (Wildman–Crippen LogP) is 2.80. The van der Waals surface area contributed by atoms with Gasteiger partial charge in [0, 0.05) is 17.7 Å². The molecular formula is C14H16N2O. The minimum atomic E-state index is -0.472. The third-order valence-electron chi connectivity index (χ3n) is 3.24. The van der Waals surface area contributed by atoms with Gasteiger partial charge in [-0.15, -0.1) is 0 Å². The van der Waals surface area contributed by atoms with E-state index in [1.54, 1.807) is 6.92 Å². The summed E-state index contributed by atoms with van der Waals surface area (Å²) in [5, 5.41) is 14.3. The van der Waals surface area contributed by atoms with Crippen LogP contribution in [0.3, 0.4) is 0 Å². The molecule has 3 heteroatoms. The molecule has 88 valence electrons. The van der Waals surface area contributed by atoms with Gasteiger partial charge in [-0.25, -0.2) is 4.68 Å². The van der Waals surface area contributed by atoms with E-state index in [1.165, 1.54) is 18.5 Å². The van der Waals surface area contributed by atoms with Crippen LogP contribution in [-0.2, 0) is 0 Å². The second-order valence-electron chi connectivity index (χ2n) is 4.69. The van der Waals surface area contributed by atoms with Crippen LogP contribution in [0.5, 0.6) is 0 Å². The Morgan fingerprint density at radius 2 is 2.06 bits per heavy atom. The maximum Gasteiger partial charge on any atom is 0.0782 e. The molecule has 1 aliphatic carbocycles. The van der Waals surface area contributed by atoms with Crippen LogP contribution in [0.2, 0.25) is 0 Å². The van der Waals surface area contributed by atoms with Crippen LogP contribution in [-0.4, -0.2) is 14.9 Å². The third-order valence-corrected chi connectivity index (χ3v) is 3.24. The average molecular weight is 228 g/mol. The summed E-state index contributed by atoms with van der Waals surface area (Å²) in [5.74, 6) is 0.662. The van der Waals surface area contributed by atoms with Crippen LogP contribution >= 0.6 is 0 Å². The number of hydrogen-bond acceptors (Lipinski definition) is 2. The fourth-order valence-corrected chi connectivity index (χ4v) is 2.12. The van der Waals surface area contributed by atoms with Gasteiger partial charge in [-0.2, -0.15) is 5.10 Å². The minimum Gasteiger partial charge on any atom is -0.389 e. The van der Waals surface area contributed by atoms with E-state index < -0.39 is 6.10 Å². The highest BCUT2D eigenvalue weighted by molar-refractivity contribution is 5.41. The SMILES string of the molecule is C[C@H](O)c1ccccc1-n1ccc(C2CC2)n1. The van der Waals surface area contributed by atoms with Crippen molar-refractivity contribution in [1.29, 1.82) is 0 Å². The van der Waals surface area contributed by atoms with Crippen molar-refractivity contribution < 1.29 is 5.11 Å². The van der Waals surface area contributed by atoms with Gasteiger partial charge in [-0.1, -0.05) is 18.2 Å². The number of rotatable bonds is 3. The van der Waals surface area contributed by atoms with Gasteiger partial charge in [-0.05, 0) is 31.9 Å². The van der Waals surface area contributed by atoms with E-state index in [0.717, 1.165) is 11.3 Å². The molecular weight excluding hydrogens is 212 g/mol. The Hall–Kier alpha value is -1.61. The topological polar surface area (TPSA) is 38.0 Å². The fraction of sp³-hybridized carbons (Fsp3) is 0.357. The highest BCUT2D eigenvalue weighted by Crippen LogP contribution is 2.39. The molecule has 1 atom stereocenters. The maximum atomic E-state index is 9.75. The van der Waals surface area contributed by atoms with Crippen LogP contribution in [0.1, 0.15) is 43.0 Å². The van der Waals surface area contributed by atoms with Crippen molar-refractivity contribution in [2.45, 2.75) is 31.8 Å². The zero-order chi connectivity index (χ0) is 11.8. The Labute approximate surface area is 101 Å². The molecule has 1 fully saturated rings. The predicted molar refractivity (Wildman–Crippen MR) is 66.2 cm³/mol. The summed E-state index contributed by atoms with van der Waals surface area (Å²) in [6.45, 7) is 1.78. The van der Waals surface area contributed by atoms with Crippen molar-refractivity contribution in [1.82, 2.24) is 9.78 Å². The highest BCUT2D eigenvalue weighted by atomic mass is 16.3. The summed E-state index contributed by atoms with van der Waals surface area (Å²) in [7, 11) is 0. The number of benzene rings is 1. The molecule has 17 heavy (non-hydrogen) atoms. The van der Waals surface area contributed by atoms with Crippen LogP contribution in [0, 0.1) is 0 Å². The van der Waals surface area contributed by atoms with E-state index in [-0.39, 0.29) is 0 Å². The highest BCUT2D eigenvalue weighted by Gasteiger charge is 2.26. The first-order valence-corrected chi connectivity index (χ1v) is 6.08. The summed E-state index contributed by atoms with van der Waals surface area (Å²) in [6, 6.07) is 9.93. The van der Waals surface area contributed by atoms with E-state index in [4.69, 9.17) is 0 Å². The zero-order valence-electron chi connectivity index (χ0n) is 9.87. The second-order valence-corrected chi connectivity index (χ2v) is 4.69. The lowest BCUT2D eigenvalue weighted by Gasteiger charge is -2.11. The van der Waals surface area contributed by atoms with Gasteiger partial charge >= 0.3 is 0 Å². The molecule has 3 rings (SSSR count). The van der Waals surface area contributed by atoms with Crippen molar-refractivity contribution in [2.24, 2.45) is 0 Å². The van der Waals surface area contributed by atoms with Crippen molar-refractivity contribution in [2.75, 3.05) is 0 Å². The van der Waals surface area contributed by atoms with Crippen LogP contribution < -0.4 is 0 Å². The van der Waals surface area contributed by atoms with Gasteiger partial charge in [0.2, 0.25) is 0 Å². The van der Waals surface area contributed by atoms with Gasteiger partial charge in [0.15, 0.2) is 0 Å². The number of para-hydroxylation sites is 1. The summed E-state index contributed by atoms with van der Waals surface area (Å²) in [4.78, 5) is 0. The Bertz CT molecular complexity index is 527. The standard InChI is InChI=1S/C14H16N2O/c1-10(17)12-4-2-3-5-14(12)16-9-8-13(15-16)11-6-7-11/h2-5,8-11,17H,6-7H2,1H3/t10-/m0/s1. The molecule has 1 saturated carbocycles. The van der Waals surface area contributed by atoms with Crippen molar-refractivity contribution >= 4 is 0 Å². The van der Waals surface area contributed by atoms with Crippen molar-refractivity contribution in [3.63, 3.8) is 0 Å². The Morgan fingerprint density at radius 1 is 1.29 bits per heavy atom. The second kappa shape index (κ2) is 4.00. The average Bonchev–Trinajstić information content (AvgIpc) is 3.07. The zero-order valence-corrected chi connectivity index (χ0v) is 9.87. The van der Waals surface area contributed by atoms with Gasteiger partial charge in [0.05, 0.1) is 17.5 Å². The number of aromatic nitrogens is 2. The van der Waals surface area contributed by atoms with Crippen LogP contribution in [0.25, 0.3) is 5.69 Å². The van der Waals surface area contributed by atoms with Gasteiger partial charge in [0.1, 0.15) is 0 Å². The monoisotopic (exact) mass is 228 g/mol. The summed E-state index contributed by atoms with van der Waals surface area (Å²) >= 11 is 0. The molecule has 2 aromatic rings. The van der Waals surface area contributed by atoms with E-state index in [0.29, 0.717) is 5.92 Å². The lowest BCUT2D eigenvalue weighted by Crippen LogP contribution is -2.03. The molecule has 3 nitrogen and oxygen atoms in total. The van der Waals surface area contributed by atoms with Crippen LogP contribution in [0.4, 0.5) is 0 Å². The number of hydrogen-bond donors (Lipinski definition) is 1. The molecule has 0 aliphatic heterocycles. The largest absolute Gasteiger partial charge is 0.389 e. The fourth-order valence-electron chi connectivity index (χ4n) is 2.12. The molecule has 1 aromatic carbocycles. The van der Waals surface area contributed by atoms with Crippen molar-refractivity contribution in [3.8, 4) is 5.69 Å². The Morgan fingerprint density at radius 3 is 2.76 bits per heavy atom. The number of nitrogens with zero attached hydrogens (tertiary/aromatic N) is 2. The number of aliphatic hydroxyl groups excluding tert-OH is 1. The van der Waals surface area contributed by atoms with E-state index >= 15 is 0 Å². The number of aliphatic hydroxyl groups is 1. The smallest absolute Gasteiger partial charge is 0.0782 e. The Kier molecular flexibility index (Phi) is 2.48. The van der Waals surface area contributed by atoms with E-state index in [9.17, 15) is 5.11 Å². The molecule has 1 heterocycles. The van der Waals surface area contributed by atoms with E-state index in [2.05, 4.69) is 11.2 Å². The summed E-state index contributed by atoms with van der Waals surface area (Å²) in [5.41, 5.74) is 3.05. The molecule has 0 radical (unpaired) electrons. The molecule has 1 aliphatic rings. The molecule has 0 saturated heterocycles. The molecule has 0 spiro atoms. The van der Waals surface area contributed by atoms with Crippen LogP contribution in [0.15, 0.2) is 36.5 Å². The first kappa shape index (κ1) is 10.5. The van der Waals surface area contributed by atoms with Gasteiger partial charge in [-0.3, -0.25) is 0 Å². The first-order valence-electron chi connectivity index (χ1n) is 6.08. The molecule has 0 bridgehead atoms. The normalized spacial score (nSPS) is 17.1. The molecule has 1 N–H and O–H groups in total. The quantitative estimate of drug-likeness (QED) is 0.877. The summed E-state index contributed by atoms with van der Waals surface area (Å²) in [6.07, 6.45) is 4.03. The molecule has 0 unspecified atom stereocenters. The maximum absolute atomic E-state index is 9.75. The minimum absolute atomic E-state index is 0.472. The lowest BCUT2D eigenvalue weighted by molar-refractivity contribution is 0.199. The molecule has 0 amide bonds. The van der Waals surface area contributed by atoms with E-state index in [1.807, 2.05) is 35.1 Å².